The summed E-state index contributed by atoms with van der Waals surface area (Å²) in [5.74, 6) is 0.834. The first-order valence-electron chi connectivity index (χ1n) is 8.54. The highest BCUT2D eigenvalue weighted by Crippen LogP contribution is 2.37. The Kier molecular flexibility index (Phi) is 4.52. The van der Waals surface area contributed by atoms with Crippen LogP contribution in [-0.2, 0) is 11.3 Å². The van der Waals surface area contributed by atoms with Crippen molar-refractivity contribution in [2.45, 2.75) is 44.4 Å². The molecular formula is C18H23N3O2S. The van der Waals surface area contributed by atoms with Crippen LogP contribution in [0.2, 0.25) is 0 Å². The predicted octanol–water partition coefficient (Wildman–Crippen LogP) is 3.05. The van der Waals surface area contributed by atoms with E-state index in [-0.39, 0.29) is 11.7 Å². The molecule has 0 N–H and O–H groups in total. The van der Waals surface area contributed by atoms with E-state index in [1.54, 1.807) is 23.7 Å². The molecule has 0 amide bonds. The van der Waals surface area contributed by atoms with Gasteiger partial charge in [-0.1, -0.05) is 0 Å². The summed E-state index contributed by atoms with van der Waals surface area (Å²) < 4.78 is 12.2. The van der Waals surface area contributed by atoms with Gasteiger partial charge in [0.05, 0.1) is 29.6 Å². The zero-order valence-corrected chi connectivity index (χ0v) is 14.8. The maximum absolute atomic E-state index is 6.19. The number of aryl methyl sites for hydroxylation is 1. The lowest BCUT2D eigenvalue weighted by Crippen LogP contribution is -2.44. The third kappa shape index (κ3) is 3.45. The third-order valence-electron chi connectivity index (χ3n) is 5.09. The van der Waals surface area contributed by atoms with E-state index in [0.29, 0.717) is 6.61 Å². The van der Waals surface area contributed by atoms with Crippen LogP contribution in [-0.4, -0.2) is 46.3 Å². The largest absolute Gasteiger partial charge is 0.486 e. The van der Waals surface area contributed by atoms with Gasteiger partial charge >= 0.3 is 0 Å². The van der Waals surface area contributed by atoms with Crippen LogP contribution in [0.1, 0.15) is 29.8 Å². The molecule has 2 saturated heterocycles. The fourth-order valence-electron chi connectivity index (χ4n) is 3.64. The number of ether oxygens (including phenoxy) is 2. The van der Waals surface area contributed by atoms with Crippen molar-refractivity contribution in [3.63, 3.8) is 0 Å². The van der Waals surface area contributed by atoms with Crippen LogP contribution in [0.3, 0.4) is 0 Å². The van der Waals surface area contributed by atoms with Crippen molar-refractivity contribution in [3.05, 3.63) is 40.6 Å². The molecule has 0 saturated carbocycles. The minimum atomic E-state index is 0.00607. The van der Waals surface area contributed by atoms with Crippen molar-refractivity contribution in [1.29, 1.82) is 0 Å². The molecule has 2 aliphatic rings. The molecule has 1 unspecified atom stereocenters. The number of rotatable bonds is 4. The highest BCUT2D eigenvalue weighted by Gasteiger charge is 2.43. The third-order valence-corrected chi connectivity index (χ3v) is 6.01. The Labute approximate surface area is 146 Å². The molecule has 1 spiro atoms. The molecule has 2 aromatic heterocycles. The quantitative estimate of drug-likeness (QED) is 0.852. The molecule has 2 aliphatic heterocycles. The second kappa shape index (κ2) is 6.78. The van der Waals surface area contributed by atoms with Crippen LogP contribution in [0.25, 0.3) is 0 Å². The van der Waals surface area contributed by atoms with Gasteiger partial charge in [0, 0.05) is 37.1 Å². The normalized spacial score (nSPS) is 23.6. The van der Waals surface area contributed by atoms with Crippen LogP contribution in [0.15, 0.2) is 30.0 Å². The van der Waals surface area contributed by atoms with Gasteiger partial charge in [-0.05, 0) is 31.9 Å². The first kappa shape index (κ1) is 16.0. The maximum Gasteiger partial charge on any atom is 0.138 e. The zero-order chi connectivity index (χ0) is 16.4. The summed E-state index contributed by atoms with van der Waals surface area (Å²) in [6, 6.07) is 3.86. The number of hydrogen-bond donors (Lipinski definition) is 0. The molecule has 0 aromatic carbocycles. The smallest absolute Gasteiger partial charge is 0.138 e. The second-order valence-electron chi connectivity index (χ2n) is 6.76. The van der Waals surface area contributed by atoms with Crippen molar-refractivity contribution >= 4 is 11.3 Å². The van der Waals surface area contributed by atoms with Crippen LogP contribution in [0.5, 0.6) is 5.75 Å². The standard InChI is InChI=1S/C18H23N3O2S/c1-14-17(24-13-20-14)11-21-7-4-18(5-8-21)9-16(12-22-18)23-15-3-2-6-19-10-15/h2-3,6,10,13,16H,4-5,7-9,11-12H2,1H3. The average Bonchev–Trinajstić information content (AvgIpc) is 3.18. The van der Waals surface area contributed by atoms with Crippen LogP contribution in [0.4, 0.5) is 0 Å². The Morgan fingerprint density at radius 2 is 2.29 bits per heavy atom. The van der Waals surface area contributed by atoms with E-state index in [0.717, 1.165) is 44.6 Å². The lowest BCUT2D eigenvalue weighted by Gasteiger charge is -2.38. The summed E-state index contributed by atoms with van der Waals surface area (Å²) in [5.41, 5.74) is 3.12. The van der Waals surface area contributed by atoms with Crippen LogP contribution < -0.4 is 4.74 Å². The molecule has 128 valence electrons. The maximum atomic E-state index is 6.19. The number of piperidine rings is 1. The molecule has 4 heterocycles. The van der Waals surface area contributed by atoms with Gasteiger partial charge in [-0.25, -0.2) is 4.98 Å². The summed E-state index contributed by atoms with van der Waals surface area (Å²) in [4.78, 5) is 12.4. The summed E-state index contributed by atoms with van der Waals surface area (Å²) >= 11 is 1.76. The van der Waals surface area contributed by atoms with Gasteiger partial charge < -0.3 is 9.47 Å². The van der Waals surface area contributed by atoms with E-state index in [2.05, 4.69) is 21.8 Å². The van der Waals surface area contributed by atoms with Crippen molar-refractivity contribution < 1.29 is 9.47 Å². The van der Waals surface area contributed by atoms with E-state index < -0.39 is 0 Å². The number of nitrogens with zero attached hydrogens (tertiary/aromatic N) is 3. The van der Waals surface area contributed by atoms with E-state index in [1.165, 1.54) is 10.6 Å². The van der Waals surface area contributed by atoms with Gasteiger partial charge in [-0.3, -0.25) is 9.88 Å². The lowest BCUT2D eigenvalue weighted by atomic mass is 9.88. The van der Waals surface area contributed by atoms with Gasteiger partial charge in [0.1, 0.15) is 11.9 Å². The van der Waals surface area contributed by atoms with Gasteiger partial charge in [0.2, 0.25) is 0 Å². The van der Waals surface area contributed by atoms with E-state index in [1.807, 2.05) is 17.6 Å². The Bertz CT molecular complexity index is 668. The Morgan fingerprint density at radius 1 is 1.42 bits per heavy atom. The second-order valence-corrected chi connectivity index (χ2v) is 7.70. The highest BCUT2D eigenvalue weighted by atomic mass is 32.1. The Hall–Kier alpha value is -1.50. The number of likely N-dealkylation sites (tertiary alicyclic amines) is 1. The molecule has 6 heteroatoms. The lowest BCUT2D eigenvalue weighted by molar-refractivity contribution is -0.0453. The molecule has 0 radical (unpaired) electrons. The van der Waals surface area contributed by atoms with Crippen molar-refractivity contribution in [3.8, 4) is 5.75 Å². The van der Waals surface area contributed by atoms with Crippen LogP contribution in [0, 0.1) is 6.92 Å². The van der Waals surface area contributed by atoms with Crippen molar-refractivity contribution in [2.75, 3.05) is 19.7 Å². The first-order valence-corrected chi connectivity index (χ1v) is 9.42. The monoisotopic (exact) mass is 345 g/mol. The molecule has 0 aliphatic carbocycles. The molecule has 1 atom stereocenters. The van der Waals surface area contributed by atoms with E-state index in [9.17, 15) is 0 Å². The molecular weight excluding hydrogens is 322 g/mol. The van der Waals surface area contributed by atoms with Gasteiger partial charge in [0.25, 0.3) is 0 Å². The number of pyridine rings is 1. The highest BCUT2D eigenvalue weighted by molar-refractivity contribution is 7.09. The molecule has 24 heavy (non-hydrogen) atoms. The topological polar surface area (TPSA) is 47.5 Å². The van der Waals surface area contributed by atoms with Crippen molar-refractivity contribution in [2.24, 2.45) is 0 Å². The summed E-state index contributed by atoms with van der Waals surface area (Å²) in [6.45, 7) is 5.96. The SMILES string of the molecule is Cc1ncsc1CN1CCC2(CC1)CC(Oc1cccnc1)CO2. The first-order chi connectivity index (χ1) is 11.7. The minimum Gasteiger partial charge on any atom is -0.486 e. The average molecular weight is 345 g/mol. The molecule has 2 fully saturated rings. The van der Waals surface area contributed by atoms with E-state index in [4.69, 9.17) is 9.47 Å². The minimum absolute atomic E-state index is 0.00607. The van der Waals surface area contributed by atoms with Gasteiger partial charge in [0.15, 0.2) is 0 Å². The fraction of sp³-hybridized carbons (Fsp3) is 0.556. The summed E-state index contributed by atoms with van der Waals surface area (Å²) in [6.07, 6.45) is 6.82. The Balaban J connectivity index is 1.30. The molecule has 5 nitrogen and oxygen atoms in total. The van der Waals surface area contributed by atoms with Gasteiger partial charge in [-0.15, -0.1) is 11.3 Å². The van der Waals surface area contributed by atoms with Crippen molar-refractivity contribution in [1.82, 2.24) is 14.9 Å². The summed E-state index contributed by atoms with van der Waals surface area (Å²) in [7, 11) is 0. The molecule has 2 aromatic rings. The van der Waals surface area contributed by atoms with E-state index >= 15 is 0 Å². The Morgan fingerprint density at radius 3 is 3.00 bits per heavy atom. The predicted molar refractivity (Wildman–Crippen MR) is 93.3 cm³/mol. The number of thiazole rings is 1. The number of aromatic nitrogens is 2. The fourth-order valence-corrected chi connectivity index (χ4v) is 4.45. The van der Waals surface area contributed by atoms with Crippen LogP contribution >= 0.6 is 11.3 Å². The summed E-state index contributed by atoms with van der Waals surface area (Å²) in [5, 5.41) is 0. The van der Waals surface area contributed by atoms with Gasteiger partial charge in [-0.2, -0.15) is 0 Å². The molecule has 0 bridgehead atoms. The molecule has 4 rings (SSSR count). The zero-order valence-electron chi connectivity index (χ0n) is 14.0. The number of hydrogen-bond acceptors (Lipinski definition) is 6.